The Morgan fingerprint density at radius 3 is 1.13 bits per heavy atom. The van der Waals surface area contributed by atoms with Crippen LogP contribution in [0.3, 0.4) is 0 Å². The van der Waals surface area contributed by atoms with E-state index in [1.54, 1.807) is 0 Å². The molecule has 0 atom stereocenters. The van der Waals surface area contributed by atoms with E-state index in [1.165, 1.54) is 0 Å². The van der Waals surface area contributed by atoms with Crippen LogP contribution in [-0.4, -0.2) is 18.1 Å². The molecule has 0 N–H and O–H groups in total. The van der Waals surface area contributed by atoms with Crippen LogP contribution < -0.4 is 0 Å². The Bertz CT molecular complexity index is 172. The first kappa shape index (κ1) is 14.4. The molecule has 0 aliphatic carbocycles. The van der Waals surface area contributed by atoms with E-state index in [0.717, 1.165) is 24.2 Å². The molecule has 0 spiro atoms. The first-order valence-corrected chi connectivity index (χ1v) is 8.73. The number of hydrogen-bond acceptors (Lipinski definition) is 1. The van der Waals surface area contributed by atoms with Crippen LogP contribution in [0.15, 0.2) is 50.6 Å². The molecule has 3 heteroatoms. The van der Waals surface area contributed by atoms with Crippen molar-refractivity contribution in [2.75, 3.05) is 0 Å². The van der Waals surface area contributed by atoms with E-state index < -0.39 is 18.1 Å². The quantitative estimate of drug-likeness (QED) is 0.415. The minimum absolute atomic E-state index is 0.775. The number of hydrogen-bond donors (Lipinski definition) is 0. The van der Waals surface area contributed by atoms with Crippen LogP contribution >= 0.6 is 0 Å². The summed E-state index contributed by atoms with van der Waals surface area (Å²) in [6.07, 6.45) is 7.77. The van der Waals surface area contributed by atoms with Crippen LogP contribution in [0.25, 0.3) is 0 Å². The van der Waals surface area contributed by atoms with Gasteiger partial charge < -0.3 is 4.12 Å². The first-order valence-electron chi connectivity index (χ1n) is 5.09. The van der Waals surface area contributed by atoms with Crippen molar-refractivity contribution in [2.24, 2.45) is 0 Å². The molecular formula is C12H20OSi2. The standard InChI is InChI=1S/C12H20OSi2/c1-5-9-14(10-6-2)13-15(11-7-3)12-8-4/h5-8H,1-4,9-12H2. The fraction of sp³-hybridized carbons (Fsp3) is 0.333. The van der Waals surface area contributed by atoms with Gasteiger partial charge in [-0.3, -0.25) is 0 Å². The van der Waals surface area contributed by atoms with Crippen molar-refractivity contribution in [2.45, 2.75) is 24.2 Å². The van der Waals surface area contributed by atoms with Crippen molar-refractivity contribution in [1.82, 2.24) is 0 Å². The zero-order valence-corrected chi connectivity index (χ0v) is 11.4. The van der Waals surface area contributed by atoms with Crippen LogP contribution in [-0.2, 0) is 4.12 Å². The molecular weight excluding hydrogens is 216 g/mol. The summed E-state index contributed by atoms with van der Waals surface area (Å²) in [6, 6.07) is 3.94. The minimum Gasteiger partial charge on any atom is -0.455 e. The fourth-order valence-corrected chi connectivity index (χ4v) is 5.77. The van der Waals surface area contributed by atoms with Crippen molar-refractivity contribution in [3.63, 3.8) is 0 Å². The molecule has 0 aromatic heterocycles. The van der Waals surface area contributed by atoms with Gasteiger partial charge in [0, 0.05) is 0 Å². The van der Waals surface area contributed by atoms with Gasteiger partial charge in [-0.15, -0.1) is 26.3 Å². The lowest BCUT2D eigenvalue weighted by atomic mass is 10.7. The molecule has 0 aromatic rings. The van der Waals surface area contributed by atoms with Gasteiger partial charge >= 0.3 is 0 Å². The van der Waals surface area contributed by atoms with Gasteiger partial charge in [0.15, 0.2) is 0 Å². The van der Waals surface area contributed by atoms with Crippen LogP contribution in [0.5, 0.6) is 0 Å². The average Bonchev–Trinajstić information content (AvgIpc) is 2.19. The summed E-state index contributed by atoms with van der Waals surface area (Å²) in [6.45, 7) is 15.1. The first-order chi connectivity index (χ1) is 7.28. The summed E-state index contributed by atoms with van der Waals surface area (Å²) in [7, 11) is -1.55. The summed E-state index contributed by atoms with van der Waals surface area (Å²) in [5.74, 6) is 0. The molecule has 15 heavy (non-hydrogen) atoms. The van der Waals surface area contributed by atoms with E-state index in [9.17, 15) is 0 Å². The number of allylic oxidation sites excluding steroid dienone is 4. The van der Waals surface area contributed by atoms with E-state index >= 15 is 0 Å². The van der Waals surface area contributed by atoms with Gasteiger partial charge in [0.2, 0.25) is 18.1 Å². The minimum atomic E-state index is -0.775. The molecule has 0 rings (SSSR count). The molecule has 0 fully saturated rings. The molecule has 0 aromatic carbocycles. The summed E-state index contributed by atoms with van der Waals surface area (Å²) in [5, 5.41) is 0. The Morgan fingerprint density at radius 1 is 0.667 bits per heavy atom. The molecule has 0 unspecified atom stereocenters. The maximum atomic E-state index is 6.13. The van der Waals surface area contributed by atoms with Crippen molar-refractivity contribution in [3.05, 3.63) is 50.6 Å². The van der Waals surface area contributed by atoms with Crippen molar-refractivity contribution in [1.29, 1.82) is 0 Å². The molecule has 1 nitrogen and oxygen atoms in total. The normalized spacial score (nSPS) is 10.3. The third-order valence-electron chi connectivity index (χ3n) is 1.78. The molecule has 2 radical (unpaired) electrons. The largest absolute Gasteiger partial charge is 0.455 e. The van der Waals surface area contributed by atoms with Crippen molar-refractivity contribution >= 4 is 18.1 Å². The summed E-state index contributed by atoms with van der Waals surface area (Å²) >= 11 is 0. The highest BCUT2D eigenvalue weighted by Gasteiger charge is 2.17. The Hall–Kier alpha value is -0.646. The van der Waals surface area contributed by atoms with Gasteiger partial charge in [0.25, 0.3) is 0 Å². The molecule has 0 amide bonds. The highest BCUT2D eigenvalue weighted by atomic mass is 28.4. The molecule has 0 aliphatic rings. The number of rotatable bonds is 10. The van der Waals surface area contributed by atoms with Crippen LogP contribution in [0.1, 0.15) is 0 Å². The van der Waals surface area contributed by atoms with Crippen molar-refractivity contribution in [3.8, 4) is 0 Å². The molecule has 0 heterocycles. The Labute approximate surface area is 97.3 Å². The van der Waals surface area contributed by atoms with E-state index in [4.69, 9.17) is 4.12 Å². The second kappa shape index (κ2) is 9.89. The van der Waals surface area contributed by atoms with E-state index in [2.05, 4.69) is 26.3 Å². The second-order valence-corrected chi connectivity index (χ2v) is 7.75. The Balaban J connectivity index is 4.15. The van der Waals surface area contributed by atoms with Crippen LogP contribution in [0.2, 0.25) is 24.2 Å². The topological polar surface area (TPSA) is 9.23 Å². The maximum Gasteiger partial charge on any atom is 0.205 e. The van der Waals surface area contributed by atoms with E-state index in [0.29, 0.717) is 0 Å². The highest BCUT2D eigenvalue weighted by molar-refractivity contribution is 6.67. The third kappa shape index (κ3) is 7.30. The summed E-state index contributed by atoms with van der Waals surface area (Å²) in [5.41, 5.74) is 0. The Morgan fingerprint density at radius 2 is 0.933 bits per heavy atom. The van der Waals surface area contributed by atoms with E-state index in [-0.39, 0.29) is 0 Å². The summed E-state index contributed by atoms with van der Waals surface area (Å²) < 4.78 is 6.13. The SMILES string of the molecule is C=CC[Si](CC=C)O[Si](CC=C)CC=C. The lowest BCUT2D eigenvalue weighted by molar-refractivity contribution is 0.588. The van der Waals surface area contributed by atoms with Gasteiger partial charge in [-0.05, 0) is 24.2 Å². The highest BCUT2D eigenvalue weighted by Crippen LogP contribution is 2.10. The molecule has 0 saturated carbocycles. The maximum absolute atomic E-state index is 6.13. The third-order valence-corrected chi connectivity index (χ3v) is 7.06. The van der Waals surface area contributed by atoms with E-state index in [1.807, 2.05) is 24.3 Å². The molecule has 0 aliphatic heterocycles. The molecule has 0 bridgehead atoms. The smallest absolute Gasteiger partial charge is 0.205 e. The average molecular weight is 236 g/mol. The Kier molecular flexibility index (Phi) is 9.47. The summed E-state index contributed by atoms with van der Waals surface area (Å²) in [4.78, 5) is 0. The molecule has 82 valence electrons. The monoisotopic (exact) mass is 236 g/mol. The van der Waals surface area contributed by atoms with Gasteiger partial charge in [-0.2, -0.15) is 0 Å². The second-order valence-electron chi connectivity index (χ2n) is 3.15. The molecule has 0 saturated heterocycles. The van der Waals surface area contributed by atoms with Crippen molar-refractivity contribution < 1.29 is 4.12 Å². The fourth-order valence-electron chi connectivity index (χ4n) is 1.18. The predicted molar refractivity (Wildman–Crippen MR) is 72.6 cm³/mol. The lowest BCUT2D eigenvalue weighted by Crippen LogP contribution is -2.27. The van der Waals surface area contributed by atoms with Gasteiger partial charge in [-0.25, -0.2) is 0 Å². The van der Waals surface area contributed by atoms with Crippen LogP contribution in [0, 0.1) is 0 Å². The van der Waals surface area contributed by atoms with Crippen LogP contribution in [0.4, 0.5) is 0 Å². The van der Waals surface area contributed by atoms with Gasteiger partial charge in [0.1, 0.15) is 0 Å². The lowest BCUT2D eigenvalue weighted by Gasteiger charge is -2.18. The zero-order chi connectivity index (χ0) is 11.5. The zero-order valence-electron chi connectivity index (χ0n) is 9.37. The predicted octanol–water partition coefficient (Wildman–Crippen LogP) is 3.73. The van der Waals surface area contributed by atoms with Gasteiger partial charge in [-0.1, -0.05) is 24.3 Å². The van der Waals surface area contributed by atoms with Gasteiger partial charge in [0.05, 0.1) is 0 Å².